The number of fused-ring (bicyclic) bond motifs is 6. The molecule has 1 saturated heterocycles. The maximum absolute atomic E-state index is 14.2. The number of Topliss-reactive ketones (excluding diaryl/α,β-unsaturated/α-hetero) is 2. The second-order valence-corrected chi connectivity index (χ2v) is 31.5. The Morgan fingerprint density at radius 3 is 1.71 bits per heavy atom. The highest BCUT2D eigenvalue weighted by Gasteiger charge is 2.46. The van der Waals surface area contributed by atoms with Crippen LogP contribution in [0.15, 0.2) is 130 Å². The molecular weight excluding hydrogens is 1510 g/mol. The fourth-order valence-electron chi connectivity index (χ4n) is 14.0. The van der Waals surface area contributed by atoms with Crippen molar-refractivity contribution in [3.63, 3.8) is 0 Å². The zero-order chi connectivity index (χ0) is 78.8. The van der Waals surface area contributed by atoms with Gasteiger partial charge >= 0.3 is 10.4 Å². The van der Waals surface area contributed by atoms with E-state index in [0.29, 0.717) is 95.4 Å². The van der Waals surface area contributed by atoms with Crippen molar-refractivity contribution in [2.75, 3.05) is 81.1 Å². The Balaban J connectivity index is 0.655. The molecule has 2 aromatic heterocycles. The van der Waals surface area contributed by atoms with Gasteiger partial charge in [0.25, 0.3) is 23.6 Å². The molecule has 112 heavy (non-hydrogen) atoms. The second kappa shape index (κ2) is 35.9. The number of benzene rings is 5. The molecule has 0 spiro atoms. The normalized spacial score (nSPS) is 19.8. The fraction of sp³-hybridized carbons (Fsp3) is 0.400. The summed E-state index contributed by atoms with van der Waals surface area (Å²) in [5.41, 5.74) is 7.19. The van der Waals surface area contributed by atoms with Crippen LogP contribution in [-0.2, 0) is 96.0 Å². The van der Waals surface area contributed by atoms with Crippen LogP contribution in [0.5, 0.6) is 40.2 Å². The number of carbonyl (C=O) groups is 6. The van der Waals surface area contributed by atoms with Crippen molar-refractivity contribution in [1.82, 2.24) is 14.7 Å². The predicted molar refractivity (Wildman–Crippen MR) is 408 cm³/mol. The third-order valence-electron chi connectivity index (χ3n) is 19.8. The highest BCUT2D eigenvalue weighted by atomic mass is 32.3. The summed E-state index contributed by atoms with van der Waals surface area (Å²) in [7, 11) is 2.04. The number of aliphatic imine (C=N–C) groups is 2. The Hall–Kier alpha value is -9.81. The summed E-state index contributed by atoms with van der Waals surface area (Å²) in [5, 5.41) is 45.8. The molecule has 32 heteroatoms. The summed E-state index contributed by atoms with van der Waals surface area (Å²) in [6.07, 6.45) is -0.193. The molecule has 4 amide bonds. The second-order valence-electron chi connectivity index (χ2n) is 28.3. The molecular formula is C80H87N6O23S3+. The molecule has 1 unspecified atom stereocenters. The van der Waals surface area contributed by atoms with E-state index in [1.807, 2.05) is 65.3 Å². The number of nitrogens with zero attached hydrogens (tertiary/aromatic N) is 6. The molecule has 1 fully saturated rings. The van der Waals surface area contributed by atoms with Crippen molar-refractivity contribution >= 4 is 92.1 Å². The van der Waals surface area contributed by atoms with Gasteiger partial charge in [-0.2, -0.15) is 0 Å². The van der Waals surface area contributed by atoms with Gasteiger partial charge in [0.1, 0.15) is 62.3 Å². The van der Waals surface area contributed by atoms with Crippen LogP contribution in [0, 0.1) is 0 Å². The summed E-state index contributed by atoms with van der Waals surface area (Å²) in [4.78, 5) is 94.7. The van der Waals surface area contributed by atoms with Crippen molar-refractivity contribution in [3.05, 3.63) is 180 Å². The average molecular weight is 1600 g/mol. The average Bonchev–Trinajstić information content (AvgIpc) is 1.60. The molecule has 5 aromatic carbocycles. The Labute approximate surface area is 654 Å². The number of amides is 4. The van der Waals surface area contributed by atoms with Crippen molar-refractivity contribution in [3.8, 4) is 40.2 Å². The number of ether oxygens (including phenoxy) is 9. The Morgan fingerprint density at radius 2 is 1.13 bits per heavy atom. The lowest BCUT2D eigenvalue weighted by molar-refractivity contribution is -0.916. The van der Waals surface area contributed by atoms with Gasteiger partial charge in [0.05, 0.1) is 102 Å². The highest BCUT2D eigenvalue weighted by molar-refractivity contribution is 7.82. The van der Waals surface area contributed by atoms with E-state index in [2.05, 4.69) is 12.1 Å². The predicted octanol–water partition coefficient (Wildman–Crippen LogP) is 7.89. The number of methoxy groups -OCH3 is 2. The van der Waals surface area contributed by atoms with E-state index in [0.717, 1.165) is 44.3 Å². The van der Waals surface area contributed by atoms with Crippen molar-refractivity contribution in [2.24, 2.45) is 9.98 Å². The minimum atomic E-state index is -5.06. The van der Waals surface area contributed by atoms with E-state index in [9.17, 15) is 57.6 Å². The van der Waals surface area contributed by atoms with E-state index in [1.165, 1.54) is 60.4 Å². The van der Waals surface area contributed by atoms with Gasteiger partial charge in [0, 0.05) is 122 Å². The summed E-state index contributed by atoms with van der Waals surface area (Å²) in [5.74, 6) is -1.21. The van der Waals surface area contributed by atoms with Crippen molar-refractivity contribution in [2.45, 2.75) is 127 Å². The number of quaternary nitrogens is 1. The first-order chi connectivity index (χ1) is 54.0. The summed E-state index contributed by atoms with van der Waals surface area (Å²) < 4.78 is 92.1. The lowest BCUT2D eigenvalue weighted by Gasteiger charge is -2.39. The third kappa shape index (κ3) is 19.4. The molecule has 0 aliphatic carbocycles. The lowest BCUT2D eigenvalue weighted by Crippen LogP contribution is -2.60. The number of ketones is 2. The number of aliphatic hydroxyl groups excluding tert-OH is 4. The minimum absolute atomic E-state index is 0.0108. The molecule has 6 aliphatic rings. The molecule has 0 saturated carbocycles. The van der Waals surface area contributed by atoms with Gasteiger partial charge in [0.2, 0.25) is 6.29 Å². The third-order valence-corrected chi connectivity index (χ3v) is 22.5. The number of aliphatic hydroxyl groups is 4. The maximum atomic E-state index is 14.2. The van der Waals surface area contributed by atoms with E-state index in [-0.39, 0.29) is 144 Å². The SMILES string of the molecule is COc1cc2c(cc1OCc1cc(COc3cc4c(cc3OC)C(=O)N3Cc5ccsc5C[C@H]3C=N4)cc(C[N+](C)(C)Cc3ccc(OS(=O)(=O)Oc4cc(C(=O)CCCOCCCC(=O)CCOCCOCCN5C(=O)C=CC5=O)ccc4OC4O[C@H](CO)[C@H](O)[C@H](O)[C@H]4O)cc3)c1)N=C[C@@H]1Cc3sccc3CN1C2=O. The minimum Gasteiger partial charge on any atom is -0.493 e. The first-order valence-corrected chi connectivity index (χ1v) is 39.7. The van der Waals surface area contributed by atoms with Crippen molar-refractivity contribution < 1.29 is 113 Å². The van der Waals surface area contributed by atoms with Gasteiger partial charge in [-0.3, -0.25) is 43.7 Å². The van der Waals surface area contributed by atoms with Crippen LogP contribution in [0.25, 0.3) is 0 Å². The Kier molecular flexibility index (Phi) is 25.7. The van der Waals surface area contributed by atoms with Gasteiger partial charge in [-0.25, -0.2) is 0 Å². The van der Waals surface area contributed by atoms with E-state index < -0.39 is 59.2 Å². The Bertz CT molecular complexity index is 4670. The maximum Gasteiger partial charge on any atom is 0.501 e. The number of hydrogen-bond acceptors (Lipinski definition) is 27. The Morgan fingerprint density at radius 1 is 0.580 bits per heavy atom. The molecule has 13 rings (SSSR count). The number of thiophene rings is 2. The fourth-order valence-corrected chi connectivity index (χ4v) is 16.6. The van der Waals surface area contributed by atoms with Crippen LogP contribution in [-0.4, -0.2) is 220 Å². The monoisotopic (exact) mass is 1600 g/mol. The molecule has 592 valence electrons. The van der Waals surface area contributed by atoms with Gasteiger partial charge in [-0.1, -0.05) is 0 Å². The van der Waals surface area contributed by atoms with E-state index in [4.69, 9.17) is 61.0 Å². The molecule has 7 aromatic rings. The van der Waals surface area contributed by atoms with Crippen LogP contribution < -0.4 is 32.1 Å². The highest BCUT2D eigenvalue weighted by Crippen LogP contribution is 2.43. The largest absolute Gasteiger partial charge is 0.501 e. The number of imide groups is 1. The summed E-state index contributed by atoms with van der Waals surface area (Å²) in [6, 6.07) is 26.5. The molecule has 6 aliphatic heterocycles. The van der Waals surface area contributed by atoms with Crippen LogP contribution in [0.4, 0.5) is 11.4 Å². The van der Waals surface area contributed by atoms with Gasteiger partial charge in [-0.15, -0.1) is 31.1 Å². The molecule has 29 nitrogen and oxygen atoms in total. The molecule has 4 N–H and O–H groups in total. The molecule has 0 radical (unpaired) electrons. The van der Waals surface area contributed by atoms with Crippen molar-refractivity contribution in [1.29, 1.82) is 0 Å². The quantitative estimate of drug-likeness (QED) is 0.0124. The zero-order valence-electron chi connectivity index (χ0n) is 62.0. The summed E-state index contributed by atoms with van der Waals surface area (Å²) in [6.45, 7) is 2.49. The first-order valence-electron chi connectivity index (χ1n) is 36.6. The smallest absolute Gasteiger partial charge is 0.493 e. The van der Waals surface area contributed by atoms with Gasteiger partial charge in [-0.05, 0) is 131 Å². The molecule has 7 atom stereocenters. The topological polar surface area (TPSA) is 353 Å². The first kappa shape index (κ1) is 80.2. The number of hydrogen-bond donors (Lipinski definition) is 4. The van der Waals surface area contributed by atoms with Gasteiger partial charge < -0.3 is 85.7 Å². The molecule has 0 bridgehead atoms. The van der Waals surface area contributed by atoms with E-state index >= 15 is 0 Å². The van der Waals surface area contributed by atoms with E-state index in [1.54, 1.807) is 59.1 Å². The zero-order valence-corrected chi connectivity index (χ0v) is 64.5. The van der Waals surface area contributed by atoms with Crippen LogP contribution in [0.1, 0.15) is 106 Å². The number of rotatable bonds is 37. The standard InChI is InChI=1S/C80H87N6O23S3/c1-86(2,43-48-9-12-58(13-10-48)108-112(97,98)109-69-32-52(11-14-64(69)106-80-77(94)76(93)75(92)70(45-87)107-80)63(89)8-6-22-101-21-5-7-57(88)17-23-102-25-26-103-24-20-83-73(90)15-16-74(83)91)44-49-29-50(46-104-67-37-61-59(35-65(67)99-3)78(95)84-41-53-18-27-110-71(53)33-55(84)39-81-61)31-51(30-49)47-105-68-38-62-60(36-66(68)100-4)79(96)85-42-54-19-28-111-72(54)34-56(85)40-82-62/h9-16,18-19,27-32,35-40,55-56,70,75-77,80,87,92-94H,5-8,17,20-26,33-34,41-47H2,1-4H3/q+1/t55-,56-,70+,75-,76-,77+,80?/m0/s1. The van der Waals surface area contributed by atoms with Crippen LogP contribution in [0.2, 0.25) is 0 Å². The number of carbonyl (C=O) groups excluding carboxylic acids is 6. The lowest BCUT2D eigenvalue weighted by atomic mass is 9.99. The van der Waals surface area contributed by atoms with Gasteiger partial charge in [0.15, 0.2) is 40.3 Å². The molecule has 8 heterocycles. The van der Waals surface area contributed by atoms with Crippen LogP contribution in [0.3, 0.4) is 0 Å². The van der Waals surface area contributed by atoms with Crippen LogP contribution >= 0.6 is 22.7 Å². The summed E-state index contributed by atoms with van der Waals surface area (Å²) >= 11 is 3.35.